The van der Waals surface area contributed by atoms with Crippen LogP contribution >= 0.6 is 0 Å². The lowest BCUT2D eigenvalue weighted by molar-refractivity contribution is -0.138. The lowest BCUT2D eigenvalue weighted by Gasteiger charge is -2.39. The van der Waals surface area contributed by atoms with Crippen molar-refractivity contribution in [2.24, 2.45) is 0 Å². The number of likely N-dealkylation sites (N-methyl/N-ethyl adjacent to an activating group) is 1. The topological polar surface area (TPSA) is 97.4 Å². The summed E-state index contributed by atoms with van der Waals surface area (Å²) in [6.07, 6.45) is 0.581. The van der Waals surface area contributed by atoms with E-state index in [1.807, 2.05) is 37.3 Å². The van der Waals surface area contributed by atoms with E-state index in [4.69, 9.17) is 14.2 Å². The van der Waals surface area contributed by atoms with Crippen LogP contribution < -0.4 is 10.1 Å². The Morgan fingerprint density at radius 2 is 2.03 bits per heavy atom. The molecule has 2 aliphatic heterocycles. The fourth-order valence-electron chi connectivity index (χ4n) is 4.47. The number of aryl methyl sites for hydroxylation is 1. The summed E-state index contributed by atoms with van der Waals surface area (Å²) >= 11 is 0. The molecule has 0 saturated carbocycles. The summed E-state index contributed by atoms with van der Waals surface area (Å²) in [6.45, 7) is 3.35. The predicted molar refractivity (Wildman–Crippen MR) is 133 cm³/mol. The monoisotopic (exact) mass is 495 g/mol. The number of nitrogens with zero attached hydrogens (tertiary/aromatic N) is 2. The molecule has 0 radical (unpaired) electrons. The first-order chi connectivity index (χ1) is 17.3. The van der Waals surface area contributed by atoms with Crippen LogP contribution in [-0.4, -0.2) is 80.1 Å². The summed E-state index contributed by atoms with van der Waals surface area (Å²) in [5, 5.41) is 3.01. The Labute approximate surface area is 211 Å². The van der Waals surface area contributed by atoms with Crippen molar-refractivity contribution in [3.8, 4) is 11.5 Å². The maximum absolute atomic E-state index is 13.1. The molecule has 2 heterocycles. The molecule has 9 nitrogen and oxygen atoms in total. The Hall–Kier alpha value is -3.43. The summed E-state index contributed by atoms with van der Waals surface area (Å²) < 4.78 is 17.4. The average Bonchev–Trinajstić information content (AvgIpc) is 2.87. The zero-order chi connectivity index (χ0) is 25.7. The number of nitrogens with one attached hydrogen (secondary N) is 1. The Morgan fingerprint density at radius 1 is 1.19 bits per heavy atom. The van der Waals surface area contributed by atoms with Gasteiger partial charge in [-0.25, -0.2) is 0 Å². The molecule has 2 aliphatic rings. The van der Waals surface area contributed by atoms with Gasteiger partial charge in [-0.05, 0) is 48.7 Å². The molecule has 2 aromatic carbocycles. The van der Waals surface area contributed by atoms with E-state index in [-0.39, 0.29) is 36.8 Å². The Kier molecular flexibility index (Phi) is 8.22. The number of amides is 3. The third-order valence-electron chi connectivity index (χ3n) is 6.52. The zero-order valence-corrected chi connectivity index (χ0v) is 21.0. The third-order valence-corrected chi connectivity index (χ3v) is 6.52. The molecule has 0 spiro atoms. The molecule has 192 valence electrons. The fourth-order valence-corrected chi connectivity index (χ4v) is 4.47. The lowest BCUT2D eigenvalue weighted by atomic mass is 10.0. The number of carbonyl (C=O) groups excluding carboxylic acids is 3. The van der Waals surface area contributed by atoms with Gasteiger partial charge in [-0.1, -0.05) is 18.2 Å². The summed E-state index contributed by atoms with van der Waals surface area (Å²) in [5.41, 5.74) is 2.25. The molecule has 1 fully saturated rings. The molecule has 4 bridgehead atoms. The third kappa shape index (κ3) is 6.22. The van der Waals surface area contributed by atoms with Crippen molar-refractivity contribution in [2.45, 2.75) is 38.5 Å². The Bertz CT molecular complexity index is 1120. The van der Waals surface area contributed by atoms with Gasteiger partial charge in [0.25, 0.3) is 5.91 Å². The summed E-state index contributed by atoms with van der Waals surface area (Å²) in [6, 6.07) is 12.5. The van der Waals surface area contributed by atoms with Gasteiger partial charge in [-0.15, -0.1) is 0 Å². The van der Waals surface area contributed by atoms with E-state index in [2.05, 4.69) is 5.32 Å². The second-order valence-electron chi connectivity index (χ2n) is 9.29. The first kappa shape index (κ1) is 25.7. The Balaban J connectivity index is 1.60. The summed E-state index contributed by atoms with van der Waals surface area (Å²) in [4.78, 5) is 41.7. The SMILES string of the molecule is COCCC(=O)N1CC[C@H]2OCc3cccc(c3)Oc3cc(ccc3C)C(=O)N(C)CC(=O)N[C@H]2C1. The average molecular weight is 496 g/mol. The van der Waals surface area contributed by atoms with Gasteiger partial charge >= 0.3 is 0 Å². The van der Waals surface area contributed by atoms with Crippen LogP contribution in [0.1, 0.15) is 34.3 Å². The number of carbonyl (C=O) groups is 3. The first-order valence-electron chi connectivity index (χ1n) is 12.1. The largest absolute Gasteiger partial charge is 0.457 e. The molecular formula is C27H33N3O6. The number of benzene rings is 2. The molecule has 0 aromatic heterocycles. The summed E-state index contributed by atoms with van der Waals surface area (Å²) in [7, 11) is 3.15. The van der Waals surface area contributed by atoms with E-state index in [0.717, 1.165) is 11.1 Å². The second-order valence-corrected chi connectivity index (χ2v) is 9.29. The zero-order valence-electron chi connectivity index (χ0n) is 21.0. The number of likely N-dealkylation sites (tertiary alicyclic amines) is 1. The van der Waals surface area contributed by atoms with Gasteiger partial charge in [0.15, 0.2) is 0 Å². The highest BCUT2D eigenvalue weighted by Gasteiger charge is 2.33. The molecule has 1 saturated heterocycles. The smallest absolute Gasteiger partial charge is 0.254 e. The standard InChI is InChI=1S/C27H33N3O6/c1-18-7-8-20-14-24(18)36-21-6-4-5-19(13-21)17-35-23-9-11-30(26(32)10-12-34-3)15-22(23)28-25(31)16-29(2)27(20)33/h4-8,13-14,22-23H,9-12,15-17H2,1-3H3,(H,28,31)/t22-,23+/m0/s1. The highest BCUT2D eigenvalue weighted by molar-refractivity contribution is 5.96. The van der Waals surface area contributed by atoms with Crippen LogP contribution in [0, 0.1) is 6.92 Å². The highest BCUT2D eigenvalue weighted by atomic mass is 16.5. The van der Waals surface area contributed by atoms with Crippen LogP contribution in [0.4, 0.5) is 0 Å². The van der Waals surface area contributed by atoms with Gasteiger partial charge < -0.3 is 29.3 Å². The number of ether oxygens (including phenoxy) is 3. The minimum atomic E-state index is -0.403. The van der Waals surface area contributed by atoms with E-state index in [1.165, 1.54) is 4.90 Å². The summed E-state index contributed by atoms with van der Waals surface area (Å²) in [5.74, 6) is 0.600. The van der Waals surface area contributed by atoms with E-state index in [1.54, 1.807) is 31.2 Å². The Morgan fingerprint density at radius 3 is 2.83 bits per heavy atom. The molecule has 0 unspecified atom stereocenters. The molecule has 1 N–H and O–H groups in total. The van der Waals surface area contributed by atoms with Crippen molar-refractivity contribution in [2.75, 3.05) is 40.4 Å². The highest BCUT2D eigenvalue weighted by Crippen LogP contribution is 2.28. The molecule has 2 atom stereocenters. The van der Waals surface area contributed by atoms with Crippen LogP contribution in [0.25, 0.3) is 0 Å². The quantitative estimate of drug-likeness (QED) is 0.703. The minimum absolute atomic E-state index is 0.0241. The van der Waals surface area contributed by atoms with Crippen molar-refractivity contribution in [3.05, 3.63) is 59.2 Å². The molecule has 9 heteroatoms. The van der Waals surface area contributed by atoms with Crippen molar-refractivity contribution in [1.29, 1.82) is 0 Å². The number of hydrogen-bond donors (Lipinski definition) is 1. The van der Waals surface area contributed by atoms with Crippen molar-refractivity contribution in [3.63, 3.8) is 0 Å². The molecule has 36 heavy (non-hydrogen) atoms. The maximum atomic E-state index is 13.1. The van der Waals surface area contributed by atoms with Crippen molar-refractivity contribution >= 4 is 17.7 Å². The van der Waals surface area contributed by atoms with Crippen LogP contribution in [0.2, 0.25) is 0 Å². The van der Waals surface area contributed by atoms with Gasteiger partial charge in [-0.2, -0.15) is 0 Å². The normalized spacial score (nSPS) is 20.9. The molecular weight excluding hydrogens is 462 g/mol. The van der Waals surface area contributed by atoms with E-state index < -0.39 is 6.04 Å². The minimum Gasteiger partial charge on any atom is -0.457 e. The van der Waals surface area contributed by atoms with Crippen molar-refractivity contribution in [1.82, 2.24) is 15.1 Å². The van der Waals surface area contributed by atoms with Crippen LogP contribution in [-0.2, 0) is 25.7 Å². The van der Waals surface area contributed by atoms with Gasteiger partial charge in [0, 0.05) is 32.8 Å². The predicted octanol–water partition coefficient (Wildman–Crippen LogP) is 2.51. The first-order valence-corrected chi connectivity index (χ1v) is 12.1. The number of piperidine rings is 1. The number of fused-ring (bicyclic) bond motifs is 5. The second kappa shape index (κ2) is 11.5. The van der Waals surface area contributed by atoms with E-state index in [0.29, 0.717) is 49.8 Å². The number of methoxy groups -OCH3 is 1. The van der Waals surface area contributed by atoms with Gasteiger partial charge in [0.2, 0.25) is 11.8 Å². The van der Waals surface area contributed by atoms with Gasteiger partial charge in [0.1, 0.15) is 11.5 Å². The van der Waals surface area contributed by atoms with Crippen LogP contribution in [0.5, 0.6) is 11.5 Å². The maximum Gasteiger partial charge on any atom is 0.254 e. The molecule has 0 aliphatic carbocycles. The number of hydrogen-bond acceptors (Lipinski definition) is 6. The van der Waals surface area contributed by atoms with E-state index in [9.17, 15) is 14.4 Å². The number of rotatable bonds is 3. The van der Waals surface area contributed by atoms with Gasteiger partial charge in [-0.3, -0.25) is 14.4 Å². The molecule has 2 aromatic rings. The fraction of sp³-hybridized carbons (Fsp3) is 0.444. The lowest BCUT2D eigenvalue weighted by Crippen LogP contribution is -2.58. The molecule has 4 rings (SSSR count). The molecule has 3 amide bonds. The van der Waals surface area contributed by atoms with E-state index >= 15 is 0 Å². The van der Waals surface area contributed by atoms with Gasteiger partial charge in [0.05, 0.1) is 38.3 Å². The van der Waals surface area contributed by atoms with Crippen LogP contribution in [0.3, 0.4) is 0 Å². The van der Waals surface area contributed by atoms with Crippen molar-refractivity contribution < 1.29 is 28.6 Å². The van der Waals surface area contributed by atoms with Crippen LogP contribution in [0.15, 0.2) is 42.5 Å².